The molecule has 1 aromatic rings. The van der Waals surface area contributed by atoms with Crippen molar-refractivity contribution in [3.63, 3.8) is 0 Å². The standard InChI is InChI=1S/C14H19N3O3/c1-9(2)20-13-6-3-10(7-15-13)8-16-14(19)11-4-5-12(18)17-11/h3,6-7,9,11H,4-5,8H2,1-2H3,(H,16,19)(H,17,18)/t11-/m0/s1. The van der Waals surface area contributed by atoms with Gasteiger partial charge < -0.3 is 15.4 Å². The van der Waals surface area contributed by atoms with Crippen LogP contribution < -0.4 is 15.4 Å². The van der Waals surface area contributed by atoms with Crippen LogP contribution in [0.1, 0.15) is 32.3 Å². The average Bonchev–Trinajstić information content (AvgIpc) is 2.84. The van der Waals surface area contributed by atoms with Crippen LogP contribution in [-0.4, -0.2) is 28.9 Å². The number of carbonyl (C=O) groups excluding carboxylic acids is 2. The summed E-state index contributed by atoms with van der Waals surface area (Å²) in [4.78, 5) is 27.0. The number of aromatic nitrogens is 1. The van der Waals surface area contributed by atoms with Crippen molar-refractivity contribution < 1.29 is 14.3 Å². The Labute approximate surface area is 117 Å². The maximum Gasteiger partial charge on any atom is 0.242 e. The third kappa shape index (κ3) is 3.94. The Bertz CT molecular complexity index is 485. The van der Waals surface area contributed by atoms with Crippen molar-refractivity contribution in [3.05, 3.63) is 23.9 Å². The van der Waals surface area contributed by atoms with E-state index in [0.29, 0.717) is 25.3 Å². The predicted octanol–water partition coefficient (Wildman–Crippen LogP) is 0.764. The molecule has 1 aliphatic rings. The summed E-state index contributed by atoms with van der Waals surface area (Å²) < 4.78 is 5.44. The topological polar surface area (TPSA) is 80.3 Å². The Kier molecular flexibility index (Phi) is 4.55. The van der Waals surface area contributed by atoms with Gasteiger partial charge in [0.1, 0.15) is 6.04 Å². The Morgan fingerprint density at radius 3 is 2.90 bits per heavy atom. The van der Waals surface area contributed by atoms with Gasteiger partial charge in [0, 0.05) is 25.2 Å². The van der Waals surface area contributed by atoms with Gasteiger partial charge >= 0.3 is 0 Å². The Balaban J connectivity index is 1.81. The molecule has 20 heavy (non-hydrogen) atoms. The van der Waals surface area contributed by atoms with Gasteiger partial charge in [0.15, 0.2) is 0 Å². The number of hydrogen-bond acceptors (Lipinski definition) is 4. The fourth-order valence-electron chi connectivity index (χ4n) is 1.95. The number of carbonyl (C=O) groups is 2. The van der Waals surface area contributed by atoms with Gasteiger partial charge in [-0.2, -0.15) is 0 Å². The van der Waals surface area contributed by atoms with Crippen molar-refractivity contribution in [1.82, 2.24) is 15.6 Å². The van der Waals surface area contributed by atoms with E-state index in [4.69, 9.17) is 4.74 Å². The monoisotopic (exact) mass is 277 g/mol. The molecule has 1 aliphatic heterocycles. The molecule has 1 aromatic heterocycles. The highest BCUT2D eigenvalue weighted by atomic mass is 16.5. The molecular formula is C14H19N3O3. The zero-order chi connectivity index (χ0) is 14.5. The van der Waals surface area contributed by atoms with Gasteiger partial charge in [-0.1, -0.05) is 6.07 Å². The molecule has 2 amide bonds. The Morgan fingerprint density at radius 1 is 1.55 bits per heavy atom. The fraction of sp³-hybridized carbons (Fsp3) is 0.500. The molecule has 0 radical (unpaired) electrons. The van der Waals surface area contributed by atoms with E-state index in [-0.39, 0.29) is 17.9 Å². The highest BCUT2D eigenvalue weighted by molar-refractivity contribution is 5.90. The molecule has 2 N–H and O–H groups in total. The zero-order valence-electron chi connectivity index (χ0n) is 11.7. The van der Waals surface area contributed by atoms with Gasteiger partial charge in [-0.3, -0.25) is 9.59 Å². The van der Waals surface area contributed by atoms with Crippen molar-refractivity contribution >= 4 is 11.8 Å². The molecule has 0 saturated carbocycles. The van der Waals surface area contributed by atoms with E-state index in [1.54, 1.807) is 12.3 Å². The summed E-state index contributed by atoms with van der Waals surface area (Å²) in [5.41, 5.74) is 0.888. The highest BCUT2D eigenvalue weighted by Crippen LogP contribution is 2.10. The number of ether oxygens (including phenoxy) is 1. The van der Waals surface area contributed by atoms with Crippen LogP contribution in [0.2, 0.25) is 0 Å². The lowest BCUT2D eigenvalue weighted by Crippen LogP contribution is -2.41. The first kappa shape index (κ1) is 14.3. The van der Waals surface area contributed by atoms with E-state index in [2.05, 4.69) is 15.6 Å². The second-order valence-corrected chi connectivity index (χ2v) is 5.05. The summed E-state index contributed by atoms with van der Waals surface area (Å²) in [7, 11) is 0. The highest BCUT2D eigenvalue weighted by Gasteiger charge is 2.26. The Hall–Kier alpha value is -2.11. The van der Waals surface area contributed by atoms with Crippen LogP contribution in [0.5, 0.6) is 5.88 Å². The maximum absolute atomic E-state index is 11.8. The molecule has 1 atom stereocenters. The molecule has 1 saturated heterocycles. The molecule has 2 heterocycles. The molecule has 6 nitrogen and oxygen atoms in total. The number of amides is 2. The minimum absolute atomic E-state index is 0.0676. The third-order valence-electron chi connectivity index (χ3n) is 2.93. The second-order valence-electron chi connectivity index (χ2n) is 5.05. The minimum atomic E-state index is -0.404. The summed E-state index contributed by atoms with van der Waals surface area (Å²) in [6.07, 6.45) is 2.73. The average molecular weight is 277 g/mol. The molecule has 1 fully saturated rings. The van der Waals surface area contributed by atoms with Crippen LogP contribution in [0.25, 0.3) is 0 Å². The first-order valence-electron chi connectivity index (χ1n) is 6.73. The molecule has 0 bridgehead atoms. The van der Waals surface area contributed by atoms with Crippen LogP contribution in [0, 0.1) is 0 Å². The van der Waals surface area contributed by atoms with E-state index in [9.17, 15) is 9.59 Å². The van der Waals surface area contributed by atoms with Crippen LogP contribution in [0.4, 0.5) is 0 Å². The van der Waals surface area contributed by atoms with Gasteiger partial charge in [-0.25, -0.2) is 4.98 Å². The molecule has 0 aliphatic carbocycles. The predicted molar refractivity (Wildman–Crippen MR) is 73.0 cm³/mol. The smallest absolute Gasteiger partial charge is 0.242 e. The van der Waals surface area contributed by atoms with E-state index in [0.717, 1.165) is 5.56 Å². The van der Waals surface area contributed by atoms with Crippen molar-refractivity contribution in [2.24, 2.45) is 0 Å². The molecule has 6 heteroatoms. The fourth-order valence-corrected chi connectivity index (χ4v) is 1.95. The molecule has 0 spiro atoms. The first-order valence-corrected chi connectivity index (χ1v) is 6.73. The van der Waals surface area contributed by atoms with Crippen LogP contribution in [0.3, 0.4) is 0 Å². The summed E-state index contributed by atoms with van der Waals surface area (Å²) in [6.45, 7) is 4.26. The second kappa shape index (κ2) is 6.36. The van der Waals surface area contributed by atoms with E-state index in [1.165, 1.54) is 0 Å². The lowest BCUT2D eigenvalue weighted by atomic mass is 10.2. The number of rotatable bonds is 5. The van der Waals surface area contributed by atoms with Gasteiger partial charge in [0.25, 0.3) is 0 Å². The van der Waals surface area contributed by atoms with Crippen LogP contribution in [-0.2, 0) is 16.1 Å². The number of nitrogens with one attached hydrogen (secondary N) is 2. The first-order chi connectivity index (χ1) is 9.54. The summed E-state index contributed by atoms with van der Waals surface area (Å²) >= 11 is 0. The number of hydrogen-bond donors (Lipinski definition) is 2. The van der Waals surface area contributed by atoms with E-state index >= 15 is 0 Å². The van der Waals surface area contributed by atoms with Gasteiger partial charge in [-0.05, 0) is 25.8 Å². The van der Waals surface area contributed by atoms with Crippen molar-refractivity contribution in [2.45, 2.75) is 45.4 Å². The van der Waals surface area contributed by atoms with E-state index < -0.39 is 6.04 Å². The summed E-state index contributed by atoms with van der Waals surface area (Å²) in [6, 6.07) is 3.23. The zero-order valence-corrected chi connectivity index (χ0v) is 11.7. The summed E-state index contributed by atoms with van der Waals surface area (Å²) in [5, 5.41) is 5.42. The van der Waals surface area contributed by atoms with Crippen molar-refractivity contribution in [1.29, 1.82) is 0 Å². The third-order valence-corrected chi connectivity index (χ3v) is 2.93. The van der Waals surface area contributed by atoms with Gasteiger partial charge in [0.05, 0.1) is 6.10 Å². The van der Waals surface area contributed by atoms with Gasteiger partial charge in [-0.15, -0.1) is 0 Å². The van der Waals surface area contributed by atoms with Crippen molar-refractivity contribution in [3.8, 4) is 5.88 Å². The normalized spacial score (nSPS) is 17.9. The maximum atomic E-state index is 11.8. The number of pyridine rings is 1. The molecule has 2 rings (SSSR count). The summed E-state index contributed by atoms with van der Waals surface area (Å²) in [5.74, 6) is 0.346. The van der Waals surface area contributed by atoms with Crippen molar-refractivity contribution in [2.75, 3.05) is 0 Å². The van der Waals surface area contributed by atoms with Crippen LogP contribution >= 0.6 is 0 Å². The minimum Gasteiger partial charge on any atom is -0.475 e. The Morgan fingerprint density at radius 2 is 2.35 bits per heavy atom. The number of nitrogens with zero attached hydrogens (tertiary/aromatic N) is 1. The van der Waals surface area contributed by atoms with E-state index in [1.807, 2.05) is 19.9 Å². The lowest BCUT2D eigenvalue weighted by Gasteiger charge is -2.11. The molecular weight excluding hydrogens is 258 g/mol. The molecule has 108 valence electrons. The molecule has 0 aromatic carbocycles. The quantitative estimate of drug-likeness (QED) is 0.833. The lowest BCUT2D eigenvalue weighted by molar-refractivity contribution is -0.125. The molecule has 0 unspecified atom stereocenters. The van der Waals surface area contributed by atoms with Gasteiger partial charge in [0.2, 0.25) is 17.7 Å². The SMILES string of the molecule is CC(C)Oc1ccc(CNC(=O)[C@@H]2CCC(=O)N2)cn1. The van der Waals surface area contributed by atoms with Crippen LogP contribution in [0.15, 0.2) is 18.3 Å². The largest absolute Gasteiger partial charge is 0.475 e.